The second-order valence-electron chi connectivity index (χ2n) is 5.00. The van der Waals surface area contributed by atoms with Gasteiger partial charge in [0.05, 0.1) is 25.4 Å². The van der Waals surface area contributed by atoms with E-state index in [4.69, 9.17) is 9.47 Å². The molecule has 2 heteroatoms. The number of hydrogen-bond acceptors (Lipinski definition) is 2. The summed E-state index contributed by atoms with van der Waals surface area (Å²) in [5.74, 6) is 0. The molecule has 0 bridgehead atoms. The van der Waals surface area contributed by atoms with Crippen LogP contribution in [0.15, 0.2) is 60.7 Å². The van der Waals surface area contributed by atoms with Crippen LogP contribution >= 0.6 is 0 Å². The molecular weight excluding hydrogens is 248 g/mol. The molecule has 0 aliphatic carbocycles. The Balaban J connectivity index is 1.73. The van der Waals surface area contributed by atoms with E-state index in [2.05, 4.69) is 38.1 Å². The summed E-state index contributed by atoms with van der Waals surface area (Å²) in [6.07, 6.45) is 0.137. The SMILES string of the molecule is C[C@H](OCc1ccccc1)[C@H](C)OCc1ccccc1. The maximum Gasteiger partial charge on any atom is 0.0810 e. The third-order valence-corrected chi connectivity index (χ3v) is 3.37. The summed E-state index contributed by atoms with van der Waals surface area (Å²) in [7, 11) is 0. The molecular formula is C18H22O2. The van der Waals surface area contributed by atoms with Crippen molar-refractivity contribution in [2.45, 2.75) is 39.3 Å². The molecule has 0 saturated carbocycles. The summed E-state index contributed by atoms with van der Waals surface area (Å²) >= 11 is 0. The van der Waals surface area contributed by atoms with Crippen LogP contribution in [0.25, 0.3) is 0 Å². The van der Waals surface area contributed by atoms with Gasteiger partial charge in [-0.2, -0.15) is 0 Å². The summed E-state index contributed by atoms with van der Waals surface area (Å²) in [4.78, 5) is 0. The quantitative estimate of drug-likeness (QED) is 0.751. The maximum atomic E-state index is 5.85. The van der Waals surface area contributed by atoms with Crippen molar-refractivity contribution in [2.75, 3.05) is 0 Å². The van der Waals surface area contributed by atoms with Crippen LogP contribution in [0.4, 0.5) is 0 Å². The third-order valence-electron chi connectivity index (χ3n) is 3.37. The van der Waals surface area contributed by atoms with E-state index in [1.54, 1.807) is 0 Å². The molecule has 106 valence electrons. The van der Waals surface area contributed by atoms with Gasteiger partial charge < -0.3 is 9.47 Å². The van der Waals surface area contributed by atoms with E-state index in [0.29, 0.717) is 13.2 Å². The Kier molecular flexibility index (Phi) is 5.78. The molecule has 0 radical (unpaired) electrons. The zero-order valence-corrected chi connectivity index (χ0v) is 12.2. The Morgan fingerprint density at radius 1 is 0.650 bits per heavy atom. The van der Waals surface area contributed by atoms with Gasteiger partial charge in [0.2, 0.25) is 0 Å². The first kappa shape index (κ1) is 14.8. The summed E-state index contributed by atoms with van der Waals surface area (Å²) in [6, 6.07) is 20.4. The van der Waals surface area contributed by atoms with E-state index in [1.807, 2.05) is 36.4 Å². The van der Waals surface area contributed by atoms with E-state index in [1.165, 1.54) is 11.1 Å². The van der Waals surface area contributed by atoms with Crippen LogP contribution in [0.1, 0.15) is 25.0 Å². The van der Waals surface area contributed by atoms with Gasteiger partial charge in [-0.05, 0) is 25.0 Å². The van der Waals surface area contributed by atoms with E-state index in [-0.39, 0.29) is 12.2 Å². The molecule has 2 atom stereocenters. The minimum absolute atomic E-state index is 0.0684. The Bertz CT molecular complexity index is 434. The van der Waals surface area contributed by atoms with Gasteiger partial charge in [-0.25, -0.2) is 0 Å². The first-order valence-electron chi connectivity index (χ1n) is 7.07. The zero-order valence-electron chi connectivity index (χ0n) is 12.2. The number of hydrogen-bond donors (Lipinski definition) is 0. The standard InChI is InChI=1S/C18H22O2/c1-15(19-13-17-9-5-3-6-10-17)16(2)20-14-18-11-7-4-8-12-18/h3-12,15-16H,13-14H2,1-2H3/t15-,16-/m0/s1. The fourth-order valence-corrected chi connectivity index (χ4v) is 1.87. The molecule has 0 aliphatic heterocycles. The highest BCUT2D eigenvalue weighted by Crippen LogP contribution is 2.10. The lowest BCUT2D eigenvalue weighted by Gasteiger charge is -2.21. The van der Waals surface area contributed by atoms with Gasteiger partial charge in [0.15, 0.2) is 0 Å². The van der Waals surface area contributed by atoms with Crippen molar-refractivity contribution in [3.05, 3.63) is 71.8 Å². The van der Waals surface area contributed by atoms with E-state index in [0.717, 1.165) is 0 Å². The predicted octanol–water partition coefficient (Wildman–Crippen LogP) is 4.20. The second kappa shape index (κ2) is 7.83. The van der Waals surface area contributed by atoms with E-state index in [9.17, 15) is 0 Å². The van der Waals surface area contributed by atoms with Crippen molar-refractivity contribution in [3.8, 4) is 0 Å². The molecule has 0 aromatic heterocycles. The second-order valence-corrected chi connectivity index (χ2v) is 5.00. The van der Waals surface area contributed by atoms with Gasteiger partial charge in [0.25, 0.3) is 0 Å². The van der Waals surface area contributed by atoms with E-state index >= 15 is 0 Å². The Hall–Kier alpha value is -1.64. The molecule has 0 spiro atoms. The third kappa shape index (κ3) is 4.80. The van der Waals surface area contributed by atoms with Gasteiger partial charge in [-0.3, -0.25) is 0 Å². The number of rotatable bonds is 7. The van der Waals surface area contributed by atoms with Crippen LogP contribution < -0.4 is 0 Å². The molecule has 0 N–H and O–H groups in total. The lowest BCUT2D eigenvalue weighted by Crippen LogP contribution is -2.26. The van der Waals surface area contributed by atoms with Crippen LogP contribution in [0.3, 0.4) is 0 Å². The van der Waals surface area contributed by atoms with Crippen molar-refractivity contribution in [1.29, 1.82) is 0 Å². The molecule has 0 unspecified atom stereocenters. The highest BCUT2D eigenvalue weighted by atomic mass is 16.5. The number of ether oxygens (including phenoxy) is 2. The van der Waals surface area contributed by atoms with Gasteiger partial charge >= 0.3 is 0 Å². The topological polar surface area (TPSA) is 18.5 Å². The fraction of sp³-hybridized carbons (Fsp3) is 0.333. The first-order valence-corrected chi connectivity index (χ1v) is 7.07. The first-order chi connectivity index (χ1) is 9.75. The Labute approximate surface area is 121 Å². The summed E-state index contributed by atoms with van der Waals surface area (Å²) in [5.41, 5.74) is 2.38. The molecule has 0 saturated heterocycles. The van der Waals surface area contributed by atoms with Gasteiger partial charge in [-0.1, -0.05) is 60.7 Å². The predicted molar refractivity (Wildman–Crippen MR) is 81.4 cm³/mol. The molecule has 0 heterocycles. The maximum absolute atomic E-state index is 5.85. The molecule has 0 amide bonds. The highest BCUT2D eigenvalue weighted by molar-refractivity contribution is 5.14. The molecule has 2 aromatic carbocycles. The van der Waals surface area contributed by atoms with Crippen molar-refractivity contribution in [3.63, 3.8) is 0 Å². The summed E-state index contributed by atoms with van der Waals surface area (Å²) in [6.45, 7) is 5.36. The molecule has 0 aliphatic rings. The average Bonchev–Trinajstić information content (AvgIpc) is 2.52. The fourth-order valence-electron chi connectivity index (χ4n) is 1.87. The van der Waals surface area contributed by atoms with Crippen LogP contribution in [0.2, 0.25) is 0 Å². The number of benzene rings is 2. The van der Waals surface area contributed by atoms with Gasteiger partial charge in [0.1, 0.15) is 0 Å². The van der Waals surface area contributed by atoms with Crippen LogP contribution in [-0.2, 0) is 22.7 Å². The summed E-state index contributed by atoms with van der Waals surface area (Å²) < 4.78 is 11.7. The minimum Gasteiger partial charge on any atom is -0.371 e. The van der Waals surface area contributed by atoms with Crippen molar-refractivity contribution < 1.29 is 9.47 Å². The van der Waals surface area contributed by atoms with Crippen molar-refractivity contribution in [2.24, 2.45) is 0 Å². The normalized spacial score (nSPS) is 13.9. The van der Waals surface area contributed by atoms with Crippen molar-refractivity contribution in [1.82, 2.24) is 0 Å². The monoisotopic (exact) mass is 270 g/mol. The molecule has 2 rings (SSSR count). The Morgan fingerprint density at radius 3 is 1.35 bits per heavy atom. The van der Waals surface area contributed by atoms with E-state index < -0.39 is 0 Å². The molecule has 0 fully saturated rings. The van der Waals surface area contributed by atoms with Crippen molar-refractivity contribution >= 4 is 0 Å². The lowest BCUT2D eigenvalue weighted by atomic mass is 10.2. The molecule has 20 heavy (non-hydrogen) atoms. The molecule has 2 aromatic rings. The smallest absolute Gasteiger partial charge is 0.0810 e. The van der Waals surface area contributed by atoms with Crippen LogP contribution in [0.5, 0.6) is 0 Å². The summed E-state index contributed by atoms with van der Waals surface area (Å²) in [5, 5.41) is 0. The van der Waals surface area contributed by atoms with Crippen LogP contribution in [0, 0.1) is 0 Å². The Morgan fingerprint density at radius 2 is 1.00 bits per heavy atom. The van der Waals surface area contributed by atoms with Crippen LogP contribution in [-0.4, -0.2) is 12.2 Å². The minimum atomic E-state index is 0.0684. The zero-order chi connectivity index (χ0) is 14.2. The van der Waals surface area contributed by atoms with Gasteiger partial charge in [-0.15, -0.1) is 0 Å². The molecule has 2 nitrogen and oxygen atoms in total. The van der Waals surface area contributed by atoms with Gasteiger partial charge in [0, 0.05) is 0 Å². The lowest BCUT2D eigenvalue weighted by molar-refractivity contribution is -0.0686. The largest absolute Gasteiger partial charge is 0.371 e. The average molecular weight is 270 g/mol. The highest BCUT2D eigenvalue weighted by Gasteiger charge is 2.13.